The van der Waals surface area contributed by atoms with Crippen LogP contribution >= 0.6 is 11.8 Å². The van der Waals surface area contributed by atoms with Gasteiger partial charge in [-0.25, -0.2) is 0 Å². The van der Waals surface area contributed by atoms with Crippen molar-refractivity contribution in [2.24, 2.45) is 0 Å². The minimum Gasteiger partial charge on any atom is -0.338 e. The van der Waals surface area contributed by atoms with Crippen LogP contribution in [0.1, 0.15) is 30.1 Å². The number of carbonyl (C=O) groups is 2. The molecule has 3 aromatic rings. The number of aromatic nitrogens is 2. The van der Waals surface area contributed by atoms with Gasteiger partial charge in [0.2, 0.25) is 17.6 Å². The Balaban J connectivity index is 1.53. The second kappa shape index (κ2) is 8.64. The number of hydrogen-bond donors (Lipinski definition) is 1. The van der Waals surface area contributed by atoms with Gasteiger partial charge in [0, 0.05) is 16.8 Å². The predicted octanol–water partition coefficient (Wildman–Crippen LogP) is 4.20. The van der Waals surface area contributed by atoms with E-state index in [-0.39, 0.29) is 16.9 Å². The maximum atomic E-state index is 12.3. The van der Waals surface area contributed by atoms with Crippen LogP contribution in [-0.4, -0.2) is 27.1 Å². The molecule has 0 spiro atoms. The number of Topliss-reactive ketones (excluding diaryl/α,β-unsaturated/α-hetero) is 1. The molecule has 6 nitrogen and oxygen atoms in total. The van der Waals surface area contributed by atoms with Crippen molar-refractivity contribution in [3.63, 3.8) is 0 Å². The summed E-state index contributed by atoms with van der Waals surface area (Å²) in [6.45, 7) is 3.32. The van der Waals surface area contributed by atoms with Crippen LogP contribution in [-0.2, 0) is 10.5 Å². The molecule has 7 heteroatoms. The standard InChI is InChI=1S/C20H19N3O3S/c1-13(24)15-8-10-17(11-9-15)21-20(25)14(2)27-12-18-22-19(23-26-18)16-6-4-3-5-7-16/h3-11,14H,12H2,1-2H3,(H,21,25)/t14-/m1/s1. The first kappa shape index (κ1) is 18.8. The van der Waals surface area contributed by atoms with E-state index < -0.39 is 0 Å². The molecule has 138 valence electrons. The Morgan fingerprint density at radius 3 is 2.48 bits per heavy atom. The van der Waals surface area contributed by atoms with E-state index in [4.69, 9.17) is 4.52 Å². The number of nitrogens with one attached hydrogen (secondary N) is 1. The van der Waals surface area contributed by atoms with Crippen LogP contribution in [0.25, 0.3) is 11.4 Å². The Morgan fingerprint density at radius 2 is 1.81 bits per heavy atom. The molecule has 27 heavy (non-hydrogen) atoms. The van der Waals surface area contributed by atoms with E-state index >= 15 is 0 Å². The van der Waals surface area contributed by atoms with Crippen LogP contribution in [0.2, 0.25) is 0 Å². The lowest BCUT2D eigenvalue weighted by Crippen LogP contribution is -2.22. The van der Waals surface area contributed by atoms with Gasteiger partial charge in [0.15, 0.2) is 5.78 Å². The highest BCUT2D eigenvalue weighted by Crippen LogP contribution is 2.21. The lowest BCUT2D eigenvalue weighted by Gasteiger charge is -2.11. The fourth-order valence-corrected chi connectivity index (χ4v) is 3.04. The molecule has 0 radical (unpaired) electrons. The minimum absolute atomic E-state index is 0.00812. The summed E-state index contributed by atoms with van der Waals surface area (Å²) in [7, 11) is 0. The van der Waals surface area contributed by atoms with E-state index in [0.29, 0.717) is 28.7 Å². The Morgan fingerprint density at radius 1 is 1.11 bits per heavy atom. The SMILES string of the molecule is CC(=O)c1ccc(NC(=O)[C@@H](C)SCc2nc(-c3ccccc3)no2)cc1. The van der Waals surface area contributed by atoms with Crippen molar-refractivity contribution >= 4 is 29.1 Å². The van der Waals surface area contributed by atoms with Gasteiger partial charge in [-0.1, -0.05) is 35.5 Å². The number of thioether (sulfide) groups is 1. The Kier molecular flexibility index (Phi) is 6.03. The van der Waals surface area contributed by atoms with E-state index in [1.165, 1.54) is 18.7 Å². The number of rotatable bonds is 7. The first-order valence-electron chi connectivity index (χ1n) is 8.44. The molecular weight excluding hydrogens is 362 g/mol. The van der Waals surface area contributed by atoms with E-state index in [9.17, 15) is 9.59 Å². The number of ketones is 1. The van der Waals surface area contributed by atoms with Gasteiger partial charge in [-0.05, 0) is 38.1 Å². The third-order valence-corrected chi connectivity index (χ3v) is 5.01. The van der Waals surface area contributed by atoms with Crippen LogP contribution in [0.5, 0.6) is 0 Å². The summed E-state index contributed by atoms with van der Waals surface area (Å²) in [5, 5.41) is 6.51. The molecule has 0 bridgehead atoms. The smallest absolute Gasteiger partial charge is 0.237 e. The summed E-state index contributed by atoms with van der Waals surface area (Å²) < 4.78 is 5.26. The number of anilines is 1. The quantitative estimate of drug-likeness (QED) is 0.618. The lowest BCUT2D eigenvalue weighted by atomic mass is 10.1. The molecule has 1 aromatic heterocycles. The van der Waals surface area contributed by atoms with E-state index in [1.807, 2.05) is 37.3 Å². The molecule has 0 aliphatic carbocycles. The van der Waals surface area contributed by atoms with Crippen LogP contribution < -0.4 is 5.32 Å². The highest BCUT2D eigenvalue weighted by molar-refractivity contribution is 7.99. The van der Waals surface area contributed by atoms with Gasteiger partial charge in [0.25, 0.3) is 0 Å². The molecule has 0 saturated carbocycles. The van der Waals surface area contributed by atoms with Gasteiger partial charge in [-0.2, -0.15) is 4.98 Å². The average molecular weight is 381 g/mol. The number of nitrogens with zero attached hydrogens (tertiary/aromatic N) is 2. The van der Waals surface area contributed by atoms with Crippen LogP contribution in [0.3, 0.4) is 0 Å². The minimum atomic E-state index is -0.301. The summed E-state index contributed by atoms with van der Waals surface area (Å²) in [5.74, 6) is 1.32. The Hall–Kier alpha value is -2.93. The van der Waals surface area contributed by atoms with Crippen molar-refractivity contribution in [3.05, 3.63) is 66.1 Å². The zero-order valence-corrected chi connectivity index (χ0v) is 15.8. The number of amides is 1. The summed E-state index contributed by atoms with van der Waals surface area (Å²) in [6, 6.07) is 16.4. The van der Waals surface area contributed by atoms with Crippen LogP contribution in [0, 0.1) is 0 Å². The van der Waals surface area contributed by atoms with Gasteiger partial charge < -0.3 is 9.84 Å². The zero-order valence-electron chi connectivity index (χ0n) is 15.0. The van der Waals surface area contributed by atoms with Crippen molar-refractivity contribution in [1.29, 1.82) is 0 Å². The summed E-state index contributed by atoms with van der Waals surface area (Å²) in [4.78, 5) is 28.0. The maximum Gasteiger partial charge on any atom is 0.237 e. The molecule has 1 N–H and O–H groups in total. The first-order valence-corrected chi connectivity index (χ1v) is 9.49. The molecule has 1 heterocycles. The highest BCUT2D eigenvalue weighted by atomic mass is 32.2. The molecular formula is C20H19N3O3S. The first-order chi connectivity index (χ1) is 13.0. The predicted molar refractivity (Wildman–Crippen MR) is 106 cm³/mol. The van der Waals surface area contributed by atoms with E-state index in [2.05, 4.69) is 15.5 Å². The van der Waals surface area contributed by atoms with Crippen LogP contribution in [0.4, 0.5) is 5.69 Å². The molecule has 0 aliphatic heterocycles. The third-order valence-electron chi connectivity index (χ3n) is 3.89. The van der Waals surface area contributed by atoms with Crippen molar-refractivity contribution in [2.75, 3.05) is 5.32 Å². The molecule has 0 unspecified atom stereocenters. The molecule has 0 fully saturated rings. The van der Waals surface area contributed by atoms with Gasteiger partial charge in [0.1, 0.15) is 0 Å². The highest BCUT2D eigenvalue weighted by Gasteiger charge is 2.16. The maximum absolute atomic E-state index is 12.3. The second-order valence-corrected chi connectivity index (χ2v) is 7.28. The topological polar surface area (TPSA) is 85.1 Å². The van der Waals surface area contributed by atoms with Crippen molar-refractivity contribution < 1.29 is 14.1 Å². The molecule has 0 saturated heterocycles. The summed E-state index contributed by atoms with van der Waals surface area (Å²) >= 11 is 1.41. The molecule has 1 amide bonds. The third kappa shape index (κ3) is 5.04. The van der Waals surface area contributed by atoms with Crippen molar-refractivity contribution in [3.8, 4) is 11.4 Å². The molecule has 0 aliphatic rings. The monoisotopic (exact) mass is 381 g/mol. The normalized spacial score (nSPS) is 11.8. The van der Waals surface area contributed by atoms with Gasteiger partial charge >= 0.3 is 0 Å². The van der Waals surface area contributed by atoms with Crippen molar-refractivity contribution in [1.82, 2.24) is 10.1 Å². The van der Waals surface area contributed by atoms with Crippen molar-refractivity contribution in [2.45, 2.75) is 24.9 Å². The second-order valence-electron chi connectivity index (χ2n) is 5.95. The zero-order chi connectivity index (χ0) is 19.2. The molecule has 3 rings (SSSR count). The Labute approximate surface area is 161 Å². The average Bonchev–Trinajstić information content (AvgIpc) is 3.16. The number of hydrogen-bond acceptors (Lipinski definition) is 6. The summed E-state index contributed by atoms with van der Waals surface area (Å²) in [5.41, 5.74) is 2.15. The largest absolute Gasteiger partial charge is 0.338 e. The number of benzene rings is 2. The fraction of sp³-hybridized carbons (Fsp3) is 0.200. The van der Waals surface area contributed by atoms with Gasteiger partial charge in [0.05, 0.1) is 11.0 Å². The number of carbonyl (C=O) groups excluding carboxylic acids is 2. The van der Waals surface area contributed by atoms with Gasteiger partial charge in [-0.15, -0.1) is 11.8 Å². The Bertz CT molecular complexity index is 923. The van der Waals surface area contributed by atoms with E-state index in [0.717, 1.165) is 5.56 Å². The summed E-state index contributed by atoms with van der Waals surface area (Å²) in [6.07, 6.45) is 0. The van der Waals surface area contributed by atoms with E-state index in [1.54, 1.807) is 24.3 Å². The fourth-order valence-electron chi connectivity index (χ4n) is 2.32. The molecule has 1 atom stereocenters. The van der Waals surface area contributed by atoms with Gasteiger partial charge in [-0.3, -0.25) is 9.59 Å². The van der Waals surface area contributed by atoms with Crippen LogP contribution in [0.15, 0.2) is 59.1 Å². The molecule has 2 aromatic carbocycles. The lowest BCUT2D eigenvalue weighted by molar-refractivity contribution is -0.115.